The third-order valence-corrected chi connectivity index (χ3v) is 4.78. The molecule has 2 aliphatic heterocycles. The number of aliphatic hydroxyl groups is 1. The van der Waals surface area contributed by atoms with Crippen molar-refractivity contribution >= 4 is 0 Å². The molecule has 1 N–H and O–H groups in total. The van der Waals surface area contributed by atoms with Crippen molar-refractivity contribution in [1.82, 2.24) is 4.90 Å². The number of ether oxygens (including phenoxy) is 2. The van der Waals surface area contributed by atoms with Crippen LogP contribution in [0, 0.1) is 6.92 Å². The summed E-state index contributed by atoms with van der Waals surface area (Å²) in [4.78, 5) is 2.35. The number of rotatable bonds is 2. The van der Waals surface area contributed by atoms with Crippen LogP contribution < -0.4 is 4.74 Å². The minimum atomic E-state index is -0.816. The maximum atomic E-state index is 11.2. The summed E-state index contributed by atoms with van der Waals surface area (Å²) in [6.07, 6.45) is 1.39. The quantitative estimate of drug-likeness (QED) is 0.893. The molecule has 20 heavy (non-hydrogen) atoms. The lowest BCUT2D eigenvalue weighted by molar-refractivity contribution is -0.138. The topological polar surface area (TPSA) is 41.9 Å². The second-order valence-corrected chi connectivity index (χ2v) is 6.15. The molecule has 0 aromatic heterocycles. The summed E-state index contributed by atoms with van der Waals surface area (Å²) in [5.74, 6) is 0.779. The molecule has 110 valence electrons. The summed E-state index contributed by atoms with van der Waals surface area (Å²) in [5.41, 5.74) is 1.25. The van der Waals surface area contributed by atoms with Gasteiger partial charge in [0, 0.05) is 17.6 Å². The molecule has 2 bridgehead atoms. The third kappa shape index (κ3) is 2.22. The largest absolute Gasteiger partial charge is 0.496 e. The van der Waals surface area contributed by atoms with Crippen LogP contribution in [0.2, 0.25) is 0 Å². The van der Waals surface area contributed by atoms with E-state index in [2.05, 4.69) is 18.0 Å². The van der Waals surface area contributed by atoms with Crippen LogP contribution in [0.15, 0.2) is 18.2 Å². The Labute approximate surface area is 120 Å². The maximum Gasteiger partial charge on any atom is 0.124 e. The van der Waals surface area contributed by atoms with Crippen LogP contribution in [-0.4, -0.2) is 49.5 Å². The molecule has 4 heteroatoms. The van der Waals surface area contributed by atoms with E-state index in [0.717, 1.165) is 16.9 Å². The van der Waals surface area contributed by atoms with Crippen molar-refractivity contribution in [1.29, 1.82) is 0 Å². The van der Waals surface area contributed by atoms with Gasteiger partial charge in [-0.3, -0.25) is 4.90 Å². The molecule has 4 nitrogen and oxygen atoms in total. The number of morpholine rings is 1. The number of likely N-dealkylation sites (N-methyl/N-ethyl adjacent to an activating group) is 1. The van der Waals surface area contributed by atoms with Crippen molar-refractivity contribution in [3.8, 4) is 5.75 Å². The molecule has 0 amide bonds. The van der Waals surface area contributed by atoms with Gasteiger partial charge in [-0.25, -0.2) is 0 Å². The molecule has 2 atom stereocenters. The van der Waals surface area contributed by atoms with Gasteiger partial charge in [0.25, 0.3) is 0 Å². The Morgan fingerprint density at radius 3 is 2.55 bits per heavy atom. The van der Waals surface area contributed by atoms with Crippen LogP contribution in [0.25, 0.3) is 0 Å². The average Bonchev–Trinajstić information content (AvgIpc) is 2.41. The third-order valence-electron chi connectivity index (χ3n) is 4.78. The lowest BCUT2D eigenvalue weighted by Crippen LogP contribution is -2.59. The molecule has 2 unspecified atom stereocenters. The van der Waals surface area contributed by atoms with E-state index >= 15 is 0 Å². The fourth-order valence-electron chi connectivity index (χ4n) is 3.55. The highest BCUT2D eigenvalue weighted by atomic mass is 16.5. The van der Waals surface area contributed by atoms with Gasteiger partial charge in [0.1, 0.15) is 5.75 Å². The number of hydrogen-bond acceptors (Lipinski definition) is 4. The second kappa shape index (κ2) is 5.02. The van der Waals surface area contributed by atoms with E-state index in [0.29, 0.717) is 26.1 Å². The fourth-order valence-corrected chi connectivity index (χ4v) is 3.55. The van der Waals surface area contributed by atoms with Gasteiger partial charge in [0.05, 0.1) is 25.9 Å². The number of aryl methyl sites for hydroxylation is 1. The Balaban J connectivity index is 1.98. The minimum Gasteiger partial charge on any atom is -0.496 e. The first-order valence-electron chi connectivity index (χ1n) is 7.21. The van der Waals surface area contributed by atoms with Gasteiger partial charge in [-0.1, -0.05) is 11.6 Å². The maximum absolute atomic E-state index is 11.2. The second-order valence-electron chi connectivity index (χ2n) is 6.15. The van der Waals surface area contributed by atoms with Gasteiger partial charge < -0.3 is 14.6 Å². The highest BCUT2D eigenvalue weighted by molar-refractivity contribution is 5.41. The van der Waals surface area contributed by atoms with Crippen LogP contribution in [0.3, 0.4) is 0 Å². The fraction of sp³-hybridized carbons (Fsp3) is 0.625. The van der Waals surface area contributed by atoms with Crippen LogP contribution in [-0.2, 0) is 10.3 Å². The number of hydrogen-bond donors (Lipinski definition) is 1. The molecule has 0 spiro atoms. The predicted molar refractivity (Wildman–Crippen MR) is 77.0 cm³/mol. The van der Waals surface area contributed by atoms with Gasteiger partial charge in [-0.2, -0.15) is 0 Å². The van der Waals surface area contributed by atoms with Crippen LogP contribution in [0.5, 0.6) is 5.75 Å². The van der Waals surface area contributed by atoms with E-state index in [1.54, 1.807) is 7.11 Å². The average molecular weight is 277 g/mol. The van der Waals surface area contributed by atoms with Crippen LogP contribution >= 0.6 is 0 Å². The Hall–Kier alpha value is -1.10. The normalized spacial score (nSPS) is 34.0. The lowest BCUT2D eigenvalue weighted by atomic mass is 9.76. The predicted octanol–water partition coefficient (Wildman–Crippen LogP) is 1.68. The Bertz CT molecular complexity index is 488. The number of methoxy groups -OCH3 is 1. The van der Waals surface area contributed by atoms with Crippen molar-refractivity contribution in [2.45, 2.75) is 37.5 Å². The van der Waals surface area contributed by atoms with Gasteiger partial charge in [-0.15, -0.1) is 0 Å². The molecular weight excluding hydrogens is 254 g/mol. The number of fused-ring (bicyclic) bond motifs is 2. The van der Waals surface area contributed by atoms with Crippen molar-refractivity contribution in [2.75, 3.05) is 27.4 Å². The molecule has 2 heterocycles. The van der Waals surface area contributed by atoms with Crippen molar-refractivity contribution in [3.05, 3.63) is 29.3 Å². The highest BCUT2D eigenvalue weighted by Crippen LogP contribution is 2.43. The summed E-state index contributed by atoms with van der Waals surface area (Å²) in [7, 11) is 3.79. The van der Waals surface area contributed by atoms with Gasteiger partial charge in [0.2, 0.25) is 0 Å². The van der Waals surface area contributed by atoms with E-state index in [9.17, 15) is 5.11 Å². The first-order chi connectivity index (χ1) is 9.53. The van der Waals surface area contributed by atoms with E-state index in [-0.39, 0.29) is 12.1 Å². The number of piperidine rings is 1. The molecule has 0 saturated carbocycles. The van der Waals surface area contributed by atoms with Gasteiger partial charge in [-0.05, 0) is 38.9 Å². The Kier molecular flexibility index (Phi) is 3.48. The standard InChI is InChI=1S/C16H23NO3/c1-11-4-5-15(19-3)14(6-11)16(18)7-12-9-20-10-13(8-16)17(12)2/h4-6,12-13,18H,7-10H2,1-3H3. The molecular formula is C16H23NO3. The zero-order chi connectivity index (χ0) is 14.3. The lowest BCUT2D eigenvalue weighted by Gasteiger charge is -2.50. The molecule has 2 fully saturated rings. The minimum absolute atomic E-state index is 0.276. The molecule has 1 aromatic carbocycles. The Morgan fingerprint density at radius 2 is 1.95 bits per heavy atom. The zero-order valence-corrected chi connectivity index (χ0v) is 12.4. The van der Waals surface area contributed by atoms with E-state index < -0.39 is 5.60 Å². The molecule has 2 aliphatic rings. The summed E-state index contributed by atoms with van der Waals surface area (Å²) >= 11 is 0. The van der Waals surface area contributed by atoms with Gasteiger partial charge >= 0.3 is 0 Å². The SMILES string of the molecule is COc1ccc(C)cc1C1(O)CC2COCC(C1)N2C. The van der Waals surface area contributed by atoms with Crippen molar-refractivity contribution in [2.24, 2.45) is 0 Å². The summed E-state index contributed by atoms with van der Waals surface area (Å²) in [6, 6.07) is 6.58. The molecule has 1 aromatic rings. The summed E-state index contributed by atoms with van der Waals surface area (Å²) in [6.45, 7) is 3.44. The summed E-state index contributed by atoms with van der Waals surface area (Å²) < 4.78 is 11.1. The first kappa shape index (κ1) is 13.9. The van der Waals surface area contributed by atoms with E-state index in [1.807, 2.05) is 19.1 Å². The Morgan fingerprint density at radius 1 is 1.30 bits per heavy atom. The number of benzene rings is 1. The molecule has 0 radical (unpaired) electrons. The van der Waals surface area contributed by atoms with Crippen LogP contribution in [0.1, 0.15) is 24.0 Å². The monoisotopic (exact) mass is 277 g/mol. The zero-order valence-electron chi connectivity index (χ0n) is 12.4. The van der Waals surface area contributed by atoms with E-state index in [4.69, 9.17) is 9.47 Å². The molecule has 3 rings (SSSR count). The number of nitrogens with zero attached hydrogens (tertiary/aromatic N) is 1. The molecule has 0 aliphatic carbocycles. The smallest absolute Gasteiger partial charge is 0.124 e. The van der Waals surface area contributed by atoms with Gasteiger partial charge in [0.15, 0.2) is 0 Å². The summed E-state index contributed by atoms with van der Waals surface area (Å²) in [5, 5.41) is 11.2. The highest BCUT2D eigenvalue weighted by Gasteiger charge is 2.46. The first-order valence-corrected chi connectivity index (χ1v) is 7.21. The molecule has 2 saturated heterocycles. The van der Waals surface area contributed by atoms with E-state index in [1.165, 1.54) is 0 Å². The van der Waals surface area contributed by atoms with Crippen LogP contribution in [0.4, 0.5) is 0 Å². The van der Waals surface area contributed by atoms with Crippen molar-refractivity contribution in [3.63, 3.8) is 0 Å². The van der Waals surface area contributed by atoms with Crippen molar-refractivity contribution < 1.29 is 14.6 Å².